The molecule has 4 aliphatic carbocycles. The van der Waals surface area contributed by atoms with Crippen molar-refractivity contribution < 1.29 is 5.11 Å². The lowest BCUT2D eigenvalue weighted by Gasteiger charge is -2.56. The van der Waals surface area contributed by atoms with Crippen LogP contribution in [0, 0.1) is 46.3 Å². The van der Waals surface area contributed by atoms with Crippen molar-refractivity contribution in [2.24, 2.45) is 46.3 Å². The van der Waals surface area contributed by atoms with Gasteiger partial charge >= 0.3 is 0 Å². The largest absolute Gasteiger partial charge is 0.393 e. The van der Waals surface area contributed by atoms with Crippen molar-refractivity contribution in [2.45, 2.75) is 118 Å². The third-order valence-corrected chi connectivity index (χ3v) is 10.9. The molecule has 1 heteroatoms. The van der Waals surface area contributed by atoms with Gasteiger partial charge in [0.2, 0.25) is 0 Å². The summed E-state index contributed by atoms with van der Waals surface area (Å²) in [6.45, 7) is 15.0. The molecule has 0 amide bonds. The number of rotatable bonds is 5. The first-order valence-corrected chi connectivity index (χ1v) is 13.1. The summed E-state index contributed by atoms with van der Waals surface area (Å²) in [5, 5.41) is 10.3. The number of hydrogen-bond acceptors (Lipinski definition) is 1. The maximum atomic E-state index is 10.3. The van der Waals surface area contributed by atoms with Crippen LogP contribution in [0.1, 0.15) is 112 Å². The molecule has 1 N–H and O–H groups in total. The molecular weight excluding hydrogens is 352 g/mol. The minimum atomic E-state index is -0.0268. The fourth-order valence-corrected chi connectivity index (χ4v) is 8.48. The zero-order valence-electron chi connectivity index (χ0n) is 20.3. The lowest BCUT2D eigenvalue weighted by molar-refractivity contribution is -0.0381. The standard InChI is InChI=1S/C28H48O/c1-18(2)19(3)7-8-20(4)24-11-12-25-23-10-9-21-17-22(29)13-15-27(21,5)26(23)14-16-28(24,25)6/h18-22,24,26,29H,7-17H2,1-6H3/t19?,20?,21?,22-,24+,26-,27-,28+/m0/s1. The smallest absolute Gasteiger partial charge is 0.0543 e. The average Bonchev–Trinajstić information content (AvgIpc) is 3.03. The number of aliphatic hydroxyl groups is 1. The zero-order valence-corrected chi connectivity index (χ0v) is 20.3. The second-order valence-corrected chi connectivity index (χ2v) is 12.6. The van der Waals surface area contributed by atoms with Gasteiger partial charge in [-0.05, 0) is 104 Å². The summed E-state index contributed by atoms with van der Waals surface area (Å²) in [4.78, 5) is 0. The van der Waals surface area contributed by atoms with E-state index in [0.717, 1.165) is 48.3 Å². The normalized spacial score (nSPS) is 44.3. The molecule has 0 spiro atoms. The van der Waals surface area contributed by atoms with Crippen LogP contribution in [0.3, 0.4) is 0 Å². The van der Waals surface area contributed by atoms with Crippen molar-refractivity contribution in [1.29, 1.82) is 0 Å². The molecule has 0 aromatic carbocycles. The highest BCUT2D eigenvalue weighted by Gasteiger charge is 2.55. The van der Waals surface area contributed by atoms with E-state index in [-0.39, 0.29) is 6.10 Å². The highest BCUT2D eigenvalue weighted by molar-refractivity contribution is 5.34. The van der Waals surface area contributed by atoms with Gasteiger partial charge in [-0.15, -0.1) is 0 Å². The Morgan fingerprint density at radius 3 is 2.41 bits per heavy atom. The predicted octanol–water partition coefficient (Wildman–Crippen LogP) is 7.78. The number of hydrogen-bond donors (Lipinski definition) is 1. The molecule has 4 aliphatic rings. The fourth-order valence-electron chi connectivity index (χ4n) is 8.48. The molecule has 166 valence electrons. The summed E-state index contributed by atoms with van der Waals surface area (Å²) in [5.74, 6) is 5.04. The van der Waals surface area contributed by atoms with Crippen LogP contribution in [0.4, 0.5) is 0 Å². The summed E-state index contributed by atoms with van der Waals surface area (Å²) in [7, 11) is 0. The molecule has 0 bridgehead atoms. The van der Waals surface area contributed by atoms with Gasteiger partial charge in [-0.25, -0.2) is 0 Å². The molecule has 4 rings (SSSR count). The Hall–Kier alpha value is -0.300. The molecule has 3 unspecified atom stereocenters. The molecular formula is C28H48O. The van der Waals surface area contributed by atoms with Gasteiger partial charge in [0.05, 0.1) is 6.10 Å². The predicted molar refractivity (Wildman–Crippen MR) is 124 cm³/mol. The van der Waals surface area contributed by atoms with Crippen LogP contribution in [-0.2, 0) is 0 Å². The van der Waals surface area contributed by atoms with Gasteiger partial charge in [0.1, 0.15) is 0 Å². The lowest BCUT2D eigenvalue weighted by atomic mass is 9.49. The number of aliphatic hydroxyl groups excluding tert-OH is 1. The van der Waals surface area contributed by atoms with E-state index in [9.17, 15) is 5.11 Å². The third-order valence-electron chi connectivity index (χ3n) is 10.9. The van der Waals surface area contributed by atoms with E-state index >= 15 is 0 Å². The Morgan fingerprint density at radius 1 is 0.931 bits per heavy atom. The van der Waals surface area contributed by atoms with Crippen LogP contribution in [0.15, 0.2) is 11.1 Å². The molecule has 0 aromatic rings. The Balaban J connectivity index is 1.53. The molecule has 3 fully saturated rings. The van der Waals surface area contributed by atoms with Crippen molar-refractivity contribution >= 4 is 0 Å². The van der Waals surface area contributed by atoms with Crippen LogP contribution in [0.25, 0.3) is 0 Å². The minimum absolute atomic E-state index is 0.0268. The van der Waals surface area contributed by atoms with Crippen molar-refractivity contribution in [3.05, 3.63) is 11.1 Å². The summed E-state index contributed by atoms with van der Waals surface area (Å²) in [6, 6.07) is 0. The molecule has 0 aromatic heterocycles. The lowest BCUT2D eigenvalue weighted by Crippen LogP contribution is -2.48. The first-order valence-electron chi connectivity index (χ1n) is 13.1. The van der Waals surface area contributed by atoms with Gasteiger partial charge in [0, 0.05) is 0 Å². The van der Waals surface area contributed by atoms with Crippen molar-refractivity contribution in [3.63, 3.8) is 0 Å². The van der Waals surface area contributed by atoms with Crippen molar-refractivity contribution in [3.8, 4) is 0 Å². The van der Waals surface area contributed by atoms with Gasteiger partial charge < -0.3 is 5.11 Å². The first kappa shape index (κ1) is 21.9. The quantitative estimate of drug-likeness (QED) is 0.467. The van der Waals surface area contributed by atoms with Gasteiger partial charge in [-0.3, -0.25) is 0 Å². The summed E-state index contributed by atoms with van der Waals surface area (Å²) in [5.41, 5.74) is 4.80. The van der Waals surface area contributed by atoms with Gasteiger partial charge in [0.15, 0.2) is 0 Å². The van der Waals surface area contributed by atoms with Gasteiger partial charge in [0.25, 0.3) is 0 Å². The van der Waals surface area contributed by atoms with Gasteiger partial charge in [-0.1, -0.05) is 65.5 Å². The Kier molecular flexibility index (Phi) is 6.04. The van der Waals surface area contributed by atoms with Crippen LogP contribution in [0.5, 0.6) is 0 Å². The third kappa shape index (κ3) is 3.66. The van der Waals surface area contributed by atoms with Crippen LogP contribution in [-0.4, -0.2) is 11.2 Å². The zero-order chi connectivity index (χ0) is 21.0. The van der Waals surface area contributed by atoms with E-state index in [1.807, 2.05) is 11.1 Å². The van der Waals surface area contributed by atoms with E-state index in [2.05, 4.69) is 41.5 Å². The number of allylic oxidation sites excluding steroid dienone is 2. The molecule has 0 heterocycles. The first-order chi connectivity index (χ1) is 13.7. The van der Waals surface area contributed by atoms with E-state index in [1.54, 1.807) is 0 Å². The molecule has 29 heavy (non-hydrogen) atoms. The van der Waals surface area contributed by atoms with Crippen LogP contribution < -0.4 is 0 Å². The SMILES string of the molecule is CC(C)C(C)CCC(C)[C@H]1CCC2=C3CCC4C[C@@H](O)CC[C@]4(C)[C@H]3CC[C@@]21C. The topological polar surface area (TPSA) is 20.2 Å². The summed E-state index contributed by atoms with van der Waals surface area (Å²) < 4.78 is 0. The molecule has 0 saturated heterocycles. The van der Waals surface area contributed by atoms with E-state index in [0.29, 0.717) is 10.8 Å². The van der Waals surface area contributed by atoms with E-state index < -0.39 is 0 Å². The molecule has 0 aliphatic heterocycles. The van der Waals surface area contributed by atoms with E-state index in [1.165, 1.54) is 57.8 Å². The molecule has 0 radical (unpaired) electrons. The van der Waals surface area contributed by atoms with Crippen LogP contribution in [0.2, 0.25) is 0 Å². The second-order valence-electron chi connectivity index (χ2n) is 12.6. The summed E-state index contributed by atoms with van der Waals surface area (Å²) in [6.07, 6.45) is 14.5. The Morgan fingerprint density at radius 2 is 1.69 bits per heavy atom. The van der Waals surface area contributed by atoms with Crippen LogP contribution >= 0.6 is 0 Å². The van der Waals surface area contributed by atoms with E-state index in [4.69, 9.17) is 0 Å². The highest BCUT2D eigenvalue weighted by Crippen LogP contribution is 2.65. The fraction of sp³-hybridized carbons (Fsp3) is 0.929. The minimum Gasteiger partial charge on any atom is -0.393 e. The molecule has 1 nitrogen and oxygen atoms in total. The monoisotopic (exact) mass is 400 g/mol. The highest BCUT2D eigenvalue weighted by atomic mass is 16.3. The Bertz CT molecular complexity index is 632. The maximum Gasteiger partial charge on any atom is 0.0543 e. The van der Waals surface area contributed by atoms with Crippen molar-refractivity contribution in [1.82, 2.24) is 0 Å². The number of fused-ring (bicyclic) bond motifs is 4. The Labute approximate surface area is 181 Å². The van der Waals surface area contributed by atoms with Gasteiger partial charge in [-0.2, -0.15) is 0 Å². The molecule has 3 saturated carbocycles. The van der Waals surface area contributed by atoms with Crippen molar-refractivity contribution in [2.75, 3.05) is 0 Å². The second kappa shape index (κ2) is 7.99. The maximum absolute atomic E-state index is 10.3. The molecule has 8 atom stereocenters. The average molecular weight is 401 g/mol. The summed E-state index contributed by atoms with van der Waals surface area (Å²) >= 11 is 0.